The van der Waals surface area contributed by atoms with Crippen molar-refractivity contribution in [3.63, 3.8) is 0 Å². The third-order valence-electron chi connectivity index (χ3n) is 4.04. The molecule has 128 valence electrons. The number of amides is 2. The predicted octanol–water partition coefficient (Wildman–Crippen LogP) is 3.02. The molecular weight excluding hydrogens is 316 g/mol. The van der Waals surface area contributed by atoms with Gasteiger partial charge >= 0.3 is 0 Å². The first-order valence-electron chi connectivity index (χ1n) is 8.19. The van der Waals surface area contributed by atoms with Crippen LogP contribution in [-0.4, -0.2) is 31.5 Å². The number of carbonyl (C=O) groups is 2. The molecule has 1 aliphatic heterocycles. The molecule has 0 unspecified atom stereocenters. The van der Waals surface area contributed by atoms with E-state index in [2.05, 4.69) is 6.58 Å². The summed E-state index contributed by atoms with van der Waals surface area (Å²) in [6.45, 7) is 4.47. The van der Waals surface area contributed by atoms with E-state index in [0.29, 0.717) is 24.5 Å². The highest BCUT2D eigenvalue weighted by Gasteiger charge is 2.26. The van der Waals surface area contributed by atoms with Gasteiger partial charge in [-0.1, -0.05) is 36.4 Å². The van der Waals surface area contributed by atoms with Gasteiger partial charge in [0.1, 0.15) is 5.75 Å². The summed E-state index contributed by atoms with van der Waals surface area (Å²) < 4.78 is 5.43. The van der Waals surface area contributed by atoms with Crippen molar-refractivity contribution in [2.75, 3.05) is 29.5 Å². The van der Waals surface area contributed by atoms with E-state index in [0.717, 1.165) is 5.69 Å². The number of benzene rings is 2. The summed E-state index contributed by atoms with van der Waals surface area (Å²) in [5, 5.41) is 0. The lowest BCUT2D eigenvalue weighted by molar-refractivity contribution is -0.121. The van der Waals surface area contributed by atoms with Crippen molar-refractivity contribution in [2.45, 2.75) is 6.42 Å². The van der Waals surface area contributed by atoms with Crippen LogP contribution < -0.4 is 14.5 Å². The minimum atomic E-state index is -0.138. The van der Waals surface area contributed by atoms with E-state index in [4.69, 9.17) is 4.74 Å². The Morgan fingerprint density at radius 1 is 1.16 bits per heavy atom. The summed E-state index contributed by atoms with van der Waals surface area (Å²) in [5.41, 5.74) is 1.53. The molecule has 2 aromatic rings. The molecule has 0 aromatic heterocycles. The topological polar surface area (TPSA) is 49.9 Å². The van der Waals surface area contributed by atoms with Gasteiger partial charge in [-0.25, -0.2) is 0 Å². The van der Waals surface area contributed by atoms with Crippen molar-refractivity contribution in [1.29, 1.82) is 0 Å². The molecule has 1 aliphatic rings. The van der Waals surface area contributed by atoms with Crippen molar-refractivity contribution in [2.24, 2.45) is 0 Å². The lowest BCUT2D eigenvalue weighted by Crippen LogP contribution is -2.41. The second kappa shape index (κ2) is 7.66. The minimum Gasteiger partial charge on any atom is -0.482 e. The Bertz CT molecular complexity index is 774. The molecule has 0 bridgehead atoms. The smallest absolute Gasteiger partial charge is 0.265 e. The van der Waals surface area contributed by atoms with Crippen molar-refractivity contribution in [1.82, 2.24) is 0 Å². The Balaban J connectivity index is 1.73. The van der Waals surface area contributed by atoms with Gasteiger partial charge in [-0.3, -0.25) is 9.59 Å². The van der Waals surface area contributed by atoms with Gasteiger partial charge < -0.3 is 14.5 Å². The first-order valence-corrected chi connectivity index (χ1v) is 8.19. The van der Waals surface area contributed by atoms with Crippen LogP contribution in [0.15, 0.2) is 67.3 Å². The second-order valence-electron chi connectivity index (χ2n) is 5.68. The molecule has 5 nitrogen and oxygen atoms in total. The van der Waals surface area contributed by atoms with Crippen molar-refractivity contribution in [3.8, 4) is 5.75 Å². The highest BCUT2D eigenvalue weighted by molar-refractivity contribution is 5.99. The molecular formula is C20H20N2O3. The first-order chi connectivity index (χ1) is 12.2. The fourth-order valence-electron chi connectivity index (χ4n) is 2.83. The highest BCUT2D eigenvalue weighted by Crippen LogP contribution is 2.31. The number of hydrogen-bond donors (Lipinski definition) is 0. The van der Waals surface area contributed by atoms with Crippen LogP contribution in [0.1, 0.15) is 6.42 Å². The van der Waals surface area contributed by atoms with E-state index in [9.17, 15) is 9.59 Å². The monoisotopic (exact) mass is 336 g/mol. The number of para-hydroxylation sites is 3. The quantitative estimate of drug-likeness (QED) is 0.762. The second-order valence-corrected chi connectivity index (χ2v) is 5.68. The number of rotatable bonds is 6. The maximum atomic E-state index is 12.7. The standard InChI is InChI=1S/C20H20N2O3/c1-2-13-21(16-8-4-3-5-9-16)19(23)12-14-22-17-10-6-7-11-18(17)25-15-20(22)24/h2-11H,1,12-15H2. The fraction of sp³-hybridized carbons (Fsp3) is 0.200. The molecule has 0 fully saturated rings. The maximum absolute atomic E-state index is 12.7. The zero-order chi connectivity index (χ0) is 17.6. The molecule has 0 atom stereocenters. The van der Waals surface area contributed by atoms with Gasteiger partial charge in [0.05, 0.1) is 5.69 Å². The molecule has 2 amide bonds. The van der Waals surface area contributed by atoms with Crippen molar-refractivity contribution >= 4 is 23.2 Å². The van der Waals surface area contributed by atoms with Gasteiger partial charge in [0.2, 0.25) is 5.91 Å². The van der Waals surface area contributed by atoms with E-state index in [1.807, 2.05) is 54.6 Å². The van der Waals surface area contributed by atoms with Crippen LogP contribution in [0.5, 0.6) is 5.75 Å². The van der Waals surface area contributed by atoms with E-state index in [1.165, 1.54) is 0 Å². The molecule has 0 radical (unpaired) electrons. The third kappa shape index (κ3) is 3.71. The minimum absolute atomic E-state index is 0.000259. The molecule has 3 rings (SSSR count). The van der Waals surface area contributed by atoms with Crippen LogP contribution in [0.2, 0.25) is 0 Å². The molecule has 2 aromatic carbocycles. The van der Waals surface area contributed by atoms with Crippen molar-refractivity contribution < 1.29 is 14.3 Å². The Morgan fingerprint density at radius 3 is 2.64 bits per heavy atom. The van der Waals surface area contributed by atoms with Gasteiger partial charge in [0, 0.05) is 25.2 Å². The number of hydrogen-bond acceptors (Lipinski definition) is 3. The molecule has 5 heteroatoms. The third-order valence-corrected chi connectivity index (χ3v) is 4.04. The van der Waals surface area contributed by atoms with Crippen molar-refractivity contribution in [3.05, 3.63) is 67.3 Å². The van der Waals surface area contributed by atoms with Crippen LogP contribution in [0, 0.1) is 0 Å². The largest absolute Gasteiger partial charge is 0.482 e. The molecule has 0 saturated heterocycles. The normalized spacial score (nSPS) is 13.0. The van der Waals surface area contributed by atoms with E-state index in [-0.39, 0.29) is 24.8 Å². The number of ether oxygens (including phenoxy) is 1. The molecule has 25 heavy (non-hydrogen) atoms. The summed E-state index contributed by atoms with van der Waals surface area (Å²) >= 11 is 0. The average Bonchev–Trinajstić information content (AvgIpc) is 2.66. The van der Waals surface area contributed by atoms with Crippen LogP contribution in [-0.2, 0) is 9.59 Å². The van der Waals surface area contributed by atoms with Gasteiger partial charge in [-0.05, 0) is 24.3 Å². The zero-order valence-corrected chi connectivity index (χ0v) is 13.9. The molecule has 0 spiro atoms. The summed E-state index contributed by atoms with van der Waals surface area (Å²) in [6.07, 6.45) is 1.92. The maximum Gasteiger partial charge on any atom is 0.265 e. The van der Waals surface area contributed by atoms with Crippen LogP contribution in [0.3, 0.4) is 0 Å². The van der Waals surface area contributed by atoms with Crippen LogP contribution >= 0.6 is 0 Å². The number of fused-ring (bicyclic) bond motifs is 1. The van der Waals surface area contributed by atoms with Gasteiger partial charge in [-0.15, -0.1) is 6.58 Å². The molecule has 0 N–H and O–H groups in total. The predicted molar refractivity (Wildman–Crippen MR) is 97.9 cm³/mol. The lowest BCUT2D eigenvalue weighted by Gasteiger charge is -2.30. The number of carbonyl (C=O) groups excluding carboxylic acids is 2. The average molecular weight is 336 g/mol. The van der Waals surface area contributed by atoms with E-state index in [1.54, 1.807) is 15.9 Å². The highest BCUT2D eigenvalue weighted by atomic mass is 16.5. The summed E-state index contributed by atoms with van der Waals surface area (Å²) in [5.74, 6) is 0.477. The van der Waals surface area contributed by atoms with Gasteiger partial charge in [-0.2, -0.15) is 0 Å². The Labute approximate surface area is 147 Å². The number of nitrogens with zero attached hydrogens (tertiary/aromatic N) is 2. The van der Waals surface area contributed by atoms with Crippen LogP contribution in [0.25, 0.3) is 0 Å². The summed E-state index contributed by atoms with van der Waals surface area (Å²) in [7, 11) is 0. The number of anilines is 2. The Hall–Kier alpha value is -3.08. The van der Waals surface area contributed by atoms with Gasteiger partial charge in [0.15, 0.2) is 6.61 Å². The molecule has 0 saturated carbocycles. The Kier molecular flexibility index (Phi) is 5.14. The van der Waals surface area contributed by atoms with E-state index >= 15 is 0 Å². The lowest BCUT2D eigenvalue weighted by atomic mass is 10.2. The Morgan fingerprint density at radius 2 is 1.88 bits per heavy atom. The SMILES string of the molecule is C=CCN(C(=O)CCN1C(=O)COc2ccccc21)c1ccccc1. The summed E-state index contributed by atoms with van der Waals surface area (Å²) in [4.78, 5) is 28.2. The molecule has 1 heterocycles. The fourth-order valence-corrected chi connectivity index (χ4v) is 2.83. The van der Waals surface area contributed by atoms with Gasteiger partial charge in [0.25, 0.3) is 5.91 Å². The zero-order valence-electron chi connectivity index (χ0n) is 13.9. The van der Waals surface area contributed by atoms with E-state index < -0.39 is 0 Å². The molecule has 0 aliphatic carbocycles. The summed E-state index contributed by atoms with van der Waals surface area (Å²) in [6, 6.07) is 16.8. The van der Waals surface area contributed by atoms with Crippen LogP contribution in [0.4, 0.5) is 11.4 Å². The first kappa shape index (κ1) is 16.8.